The molecule has 12 heteroatoms. The Morgan fingerprint density at radius 3 is 1.24 bits per heavy atom. The van der Waals surface area contributed by atoms with Crippen LogP contribution in [0.1, 0.15) is 22.3 Å². The molecule has 238 valence electrons. The van der Waals surface area contributed by atoms with Crippen molar-refractivity contribution in [2.45, 2.75) is 0 Å². The Morgan fingerprint density at radius 2 is 0.913 bits per heavy atom. The minimum absolute atomic E-state index is 0.0365. The number of hydrogen-bond donors (Lipinski definition) is 4. The maximum absolute atomic E-state index is 9.82. The van der Waals surface area contributed by atoms with Crippen LogP contribution in [0.3, 0.4) is 0 Å². The minimum Gasteiger partial charge on any atom is -0.491 e. The zero-order chi connectivity index (χ0) is 33.0. The molecule has 0 aromatic heterocycles. The van der Waals surface area contributed by atoms with E-state index in [4.69, 9.17) is 41.9 Å². The van der Waals surface area contributed by atoms with Crippen molar-refractivity contribution in [3.63, 3.8) is 0 Å². The molecule has 0 unspecified atom stereocenters. The van der Waals surface area contributed by atoms with Crippen LogP contribution in [0.15, 0.2) is 82.8 Å². The first-order valence-corrected chi connectivity index (χ1v) is 14.4. The highest BCUT2D eigenvalue weighted by atomic mass is 16.5. The highest BCUT2D eigenvalue weighted by Gasteiger charge is 2.06. The van der Waals surface area contributed by atoms with Crippen molar-refractivity contribution in [2.24, 2.45) is 32.9 Å². The molecule has 0 heterocycles. The van der Waals surface area contributed by atoms with Gasteiger partial charge in [-0.2, -0.15) is 10.5 Å². The molecule has 0 spiro atoms. The monoisotopic (exact) mass is 622 g/mol. The lowest BCUT2D eigenvalue weighted by atomic mass is 9.99. The average molecular weight is 623 g/mol. The standard InChI is InChI=1S/C34H38N8O4/c35-23-29(21-25-1-9-31(10-2-25)45-19-17-43-15-13-41-33(37)38)27-5-7-28(8-6-27)30(24-36)22-26-3-11-32(12-4-26)46-20-18-44-16-14-42-34(39)40/h1-12,21-22H,13-20H2,(H4,37,38,41)(H4,39,40,42)/b29-21+,30-22+. The number of ether oxygens (including phenoxy) is 4. The van der Waals surface area contributed by atoms with E-state index in [-0.39, 0.29) is 11.9 Å². The molecule has 3 rings (SSSR count). The topological polar surface area (TPSA) is 213 Å². The van der Waals surface area contributed by atoms with Crippen molar-refractivity contribution in [3.05, 3.63) is 95.1 Å². The molecule has 0 aliphatic carbocycles. The number of nitriles is 2. The van der Waals surface area contributed by atoms with Gasteiger partial charge in [-0.25, -0.2) is 0 Å². The Labute approximate surface area is 268 Å². The Hall–Kier alpha value is -5.82. The van der Waals surface area contributed by atoms with E-state index in [2.05, 4.69) is 22.1 Å². The maximum atomic E-state index is 9.82. The summed E-state index contributed by atoms with van der Waals surface area (Å²) in [7, 11) is 0. The highest BCUT2D eigenvalue weighted by molar-refractivity contribution is 5.92. The first kappa shape index (κ1) is 34.7. The van der Waals surface area contributed by atoms with Gasteiger partial charge in [-0.3, -0.25) is 9.98 Å². The summed E-state index contributed by atoms with van der Waals surface area (Å²) in [5.74, 6) is 1.45. The fraction of sp³-hybridized carbons (Fsp3) is 0.235. The van der Waals surface area contributed by atoms with E-state index >= 15 is 0 Å². The number of benzene rings is 3. The van der Waals surface area contributed by atoms with Crippen LogP contribution in [0.5, 0.6) is 11.5 Å². The number of nitrogens with two attached hydrogens (primary N) is 4. The lowest BCUT2D eigenvalue weighted by Gasteiger charge is -2.08. The van der Waals surface area contributed by atoms with Crippen molar-refractivity contribution in [1.29, 1.82) is 10.5 Å². The van der Waals surface area contributed by atoms with Crippen molar-refractivity contribution < 1.29 is 18.9 Å². The molecule has 8 N–H and O–H groups in total. The maximum Gasteiger partial charge on any atom is 0.185 e. The van der Waals surface area contributed by atoms with Crippen molar-refractivity contribution >= 4 is 35.2 Å². The van der Waals surface area contributed by atoms with Gasteiger partial charge in [-0.05, 0) is 58.7 Å². The van der Waals surface area contributed by atoms with Gasteiger partial charge in [0.15, 0.2) is 11.9 Å². The summed E-state index contributed by atoms with van der Waals surface area (Å²) < 4.78 is 22.2. The molecule has 0 radical (unpaired) electrons. The van der Waals surface area contributed by atoms with Gasteiger partial charge < -0.3 is 41.9 Å². The van der Waals surface area contributed by atoms with Crippen molar-refractivity contribution in [1.82, 2.24) is 0 Å². The third-order valence-electron chi connectivity index (χ3n) is 6.18. The molecule has 12 nitrogen and oxygen atoms in total. The number of aliphatic imine (C=N–C) groups is 2. The second kappa shape index (κ2) is 19.5. The van der Waals surface area contributed by atoms with Crippen LogP contribution in [0.2, 0.25) is 0 Å². The molecule has 3 aromatic carbocycles. The number of rotatable bonds is 18. The Bertz CT molecular complexity index is 1460. The summed E-state index contributed by atoms with van der Waals surface area (Å²) >= 11 is 0. The quantitative estimate of drug-likeness (QED) is 0.0534. The van der Waals surface area contributed by atoms with Gasteiger partial charge in [0.2, 0.25) is 0 Å². The lowest BCUT2D eigenvalue weighted by molar-refractivity contribution is 0.106. The lowest BCUT2D eigenvalue weighted by Crippen LogP contribution is -2.23. The predicted molar refractivity (Wildman–Crippen MR) is 180 cm³/mol. The van der Waals surface area contributed by atoms with Gasteiger partial charge in [0.25, 0.3) is 0 Å². The molecule has 3 aromatic rings. The fourth-order valence-corrected chi connectivity index (χ4v) is 3.96. The number of hydrogen-bond acceptors (Lipinski definition) is 8. The van der Waals surface area contributed by atoms with Crippen LogP contribution < -0.4 is 32.4 Å². The molecule has 46 heavy (non-hydrogen) atoms. The molecule has 0 fully saturated rings. The molecular formula is C34H38N8O4. The van der Waals surface area contributed by atoms with Crippen LogP contribution in [0.4, 0.5) is 0 Å². The molecule has 0 bridgehead atoms. The zero-order valence-electron chi connectivity index (χ0n) is 25.5. The Morgan fingerprint density at radius 1 is 0.543 bits per heavy atom. The van der Waals surface area contributed by atoms with Gasteiger partial charge in [0.05, 0.1) is 62.8 Å². The predicted octanol–water partition coefficient (Wildman–Crippen LogP) is 3.15. The van der Waals surface area contributed by atoms with E-state index in [9.17, 15) is 10.5 Å². The summed E-state index contributed by atoms with van der Waals surface area (Å²) in [6, 6.07) is 26.7. The van der Waals surface area contributed by atoms with Gasteiger partial charge >= 0.3 is 0 Å². The SMILES string of the molecule is N#C/C(=C\c1ccc(OCCOCCN=C(N)N)cc1)c1ccc(/C(C#N)=C/c2ccc(OCCOCCN=C(N)N)cc2)cc1. The van der Waals surface area contributed by atoms with E-state index in [1.165, 1.54) is 0 Å². The van der Waals surface area contributed by atoms with Gasteiger partial charge in [-0.15, -0.1) is 0 Å². The largest absolute Gasteiger partial charge is 0.491 e. The summed E-state index contributed by atoms with van der Waals surface area (Å²) in [4.78, 5) is 7.69. The number of nitrogens with zero attached hydrogens (tertiary/aromatic N) is 4. The summed E-state index contributed by atoms with van der Waals surface area (Å²) in [5.41, 5.74) is 25.2. The second-order valence-electron chi connectivity index (χ2n) is 9.59. The number of allylic oxidation sites excluding steroid dienone is 2. The fourth-order valence-electron chi connectivity index (χ4n) is 3.96. The zero-order valence-corrected chi connectivity index (χ0v) is 25.5. The molecule has 0 saturated heterocycles. The average Bonchev–Trinajstić information content (AvgIpc) is 3.06. The summed E-state index contributed by atoms with van der Waals surface area (Å²) in [6.45, 7) is 3.18. The van der Waals surface area contributed by atoms with Gasteiger partial charge in [0, 0.05) is 0 Å². The van der Waals surface area contributed by atoms with Crippen molar-refractivity contribution in [2.75, 3.05) is 52.7 Å². The summed E-state index contributed by atoms with van der Waals surface area (Å²) in [6.07, 6.45) is 3.60. The van der Waals surface area contributed by atoms with Crippen LogP contribution in [0, 0.1) is 22.7 Å². The van der Waals surface area contributed by atoms with Gasteiger partial charge in [0.1, 0.15) is 24.7 Å². The van der Waals surface area contributed by atoms with E-state index in [0.717, 1.165) is 22.3 Å². The number of guanidine groups is 2. The summed E-state index contributed by atoms with van der Waals surface area (Å²) in [5, 5.41) is 19.6. The third-order valence-corrected chi connectivity index (χ3v) is 6.18. The Kier molecular flexibility index (Phi) is 14.7. The smallest absolute Gasteiger partial charge is 0.185 e. The van der Waals surface area contributed by atoms with Crippen LogP contribution in [-0.2, 0) is 9.47 Å². The molecule has 0 saturated carbocycles. The van der Waals surface area contributed by atoms with Crippen LogP contribution >= 0.6 is 0 Å². The van der Waals surface area contributed by atoms with Crippen LogP contribution in [-0.4, -0.2) is 64.6 Å². The molecule has 0 aliphatic rings. The Balaban J connectivity index is 1.52. The van der Waals surface area contributed by atoms with Crippen LogP contribution in [0.25, 0.3) is 23.3 Å². The molecular weight excluding hydrogens is 584 g/mol. The van der Waals surface area contributed by atoms with E-state index < -0.39 is 0 Å². The van der Waals surface area contributed by atoms with Gasteiger partial charge in [-0.1, -0.05) is 48.5 Å². The van der Waals surface area contributed by atoms with E-state index in [1.807, 2.05) is 72.8 Å². The van der Waals surface area contributed by atoms with Crippen molar-refractivity contribution in [3.8, 4) is 23.6 Å². The third kappa shape index (κ3) is 12.8. The first-order chi connectivity index (χ1) is 22.4. The first-order valence-electron chi connectivity index (χ1n) is 14.4. The minimum atomic E-state index is 0.0365. The van der Waals surface area contributed by atoms with E-state index in [0.29, 0.717) is 75.4 Å². The van der Waals surface area contributed by atoms with E-state index in [1.54, 1.807) is 12.2 Å². The molecule has 0 amide bonds. The highest BCUT2D eigenvalue weighted by Crippen LogP contribution is 2.24. The molecule has 0 aliphatic heterocycles. The normalized spacial score (nSPS) is 11.2. The second-order valence-corrected chi connectivity index (χ2v) is 9.59. The molecule has 0 atom stereocenters.